The van der Waals surface area contributed by atoms with E-state index in [9.17, 15) is 8.78 Å². The highest BCUT2D eigenvalue weighted by molar-refractivity contribution is 6.53. The summed E-state index contributed by atoms with van der Waals surface area (Å²) in [5.41, 5.74) is 1.71. The minimum atomic E-state index is -0.900. The molecule has 1 saturated heterocycles. The Hall–Kier alpha value is -1.46. The van der Waals surface area contributed by atoms with E-state index in [-0.39, 0.29) is 11.5 Å². The molecule has 0 bridgehead atoms. The lowest BCUT2D eigenvalue weighted by Crippen LogP contribution is -2.41. The van der Waals surface area contributed by atoms with E-state index in [4.69, 9.17) is 9.31 Å². The molecule has 1 heterocycles. The molecule has 1 aliphatic carbocycles. The fraction of sp³-hybridized carbons (Fsp3) is 0.500. The van der Waals surface area contributed by atoms with Gasteiger partial charge in [-0.3, -0.25) is 0 Å². The molecular formula is C20H25BF2O2. The van der Waals surface area contributed by atoms with E-state index in [1.165, 1.54) is 17.7 Å². The zero-order valence-corrected chi connectivity index (χ0v) is 15.4. The molecular weight excluding hydrogens is 321 g/mol. The number of halogens is 2. The van der Waals surface area contributed by atoms with Crippen LogP contribution in [0.2, 0.25) is 0 Å². The normalized spacial score (nSPS) is 22.2. The molecule has 2 fully saturated rings. The van der Waals surface area contributed by atoms with Gasteiger partial charge in [-0.15, -0.1) is 0 Å². The highest BCUT2D eigenvalue weighted by Crippen LogP contribution is 2.41. The molecule has 0 amide bonds. The van der Waals surface area contributed by atoms with E-state index in [2.05, 4.69) is 6.08 Å². The molecule has 1 aliphatic heterocycles. The van der Waals surface area contributed by atoms with E-state index in [0.29, 0.717) is 12.8 Å². The van der Waals surface area contributed by atoms with Crippen molar-refractivity contribution in [3.63, 3.8) is 0 Å². The molecule has 1 aromatic carbocycles. The van der Waals surface area contributed by atoms with Gasteiger partial charge in [0.05, 0.1) is 11.2 Å². The lowest BCUT2D eigenvalue weighted by atomic mass is 9.79. The molecule has 0 atom stereocenters. The molecule has 25 heavy (non-hydrogen) atoms. The van der Waals surface area contributed by atoms with Crippen LogP contribution in [-0.4, -0.2) is 18.3 Å². The summed E-state index contributed by atoms with van der Waals surface area (Å²) in [7, 11) is -0.900. The van der Waals surface area contributed by atoms with Crippen molar-refractivity contribution >= 4 is 13.2 Å². The van der Waals surface area contributed by atoms with E-state index in [0.717, 1.165) is 24.0 Å². The Morgan fingerprint density at radius 1 is 0.960 bits per heavy atom. The monoisotopic (exact) mass is 346 g/mol. The largest absolute Gasteiger partial charge is 0.525 e. The molecule has 0 N–H and O–H groups in total. The highest BCUT2D eigenvalue weighted by atomic mass is 19.1. The van der Waals surface area contributed by atoms with E-state index in [1.54, 1.807) is 12.1 Å². The van der Waals surface area contributed by atoms with Gasteiger partial charge in [-0.05, 0) is 76.6 Å². The van der Waals surface area contributed by atoms with Crippen molar-refractivity contribution in [1.82, 2.24) is 0 Å². The van der Waals surface area contributed by atoms with E-state index >= 15 is 0 Å². The maximum atomic E-state index is 14.8. The summed E-state index contributed by atoms with van der Waals surface area (Å²) in [5.74, 6) is -0.236. The topological polar surface area (TPSA) is 18.5 Å². The van der Waals surface area contributed by atoms with Crippen LogP contribution < -0.4 is 0 Å². The molecule has 0 unspecified atom stereocenters. The van der Waals surface area contributed by atoms with Gasteiger partial charge >= 0.3 is 7.12 Å². The summed E-state index contributed by atoms with van der Waals surface area (Å²) in [6, 6.07) is 6.44. The number of hydrogen-bond donors (Lipinski definition) is 0. The zero-order chi connectivity index (χ0) is 18.2. The molecule has 1 saturated carbocycles. The highest BCUT2D eigenvalue weighted by Gasteiger charge is 2.53. The van der Waals surface area contributed by atoms with Gasteiger partial charge in [0.2, 0.25) is 0 Å². The first kappa shape index (κ1) is 18.3. The summed E-state index contributed by atoms with van der Waals surface area (Å²) in [5, 5.41) is 0. The third-order valence-corrected chi connectivity index (χ3v) is 5.53. The Morgan fingerprint density at radius 3 is 2.00 bits per heavy atom. The molecule has 0 aromatic heterocycles. The number of rotatable bonds is 2. The predicted octanol–water partition coefficient (Wildman–Crippen LogP) is 5.64. The van der Waals surface area contributed by atoms with Crippen LogP contribution in [0.1, 0.15) is 58.9 Å². The lowest BCUT2D eigenvalue weighted by molar-refractivity contribution is 0.00578. The van der Waals surface area contributed by atoms with Crippen molar-refractivity contribution in [1.29, 1.82) is 0 Å². The quantitative estimate of drug-likeness (QED) is 0.646. The van der Waals surface area contributed by atoms with Crippen LogP contribution in [0.15, 0.2) is 41.1 Å². The zero-order valence-electron chi connectivity index (χ0n) is 15.4. The van der Waals surface area contributed by atoms with Crippen LogP contribution in [0.3, 0.4) is 0 Å². The number of hydrogen-bond acceptors (Lipinski definition) is 2. The first-order chi connectivity index (χ1) is 11.7. The number of benzene rings is 1. The van der Waals surface area contributed by atoms with Gasteiger partial charge in [-0.25, -0.2) is 8.78 Å². The maximum Gasteiger partial charge on any atom is 0.525 e. The SMILES string of the molecule is CC1(C)OB(C(F)=C2CCC(=Cc3ccc(F)cc3)CC2)OC1(C)C. The summed E-state index contributed by atoms with van der Waals surface area (Å²) in [6.45, 7) is 7.70. The smallest absolute Gasteiger partial charge is 0.398 e. The van der Waals surface area contributed by atoms with Gasteiger partial charge in [-0.2, -0.15) is 0 Å². The van der Waals surface area contributed by atoms with Gasteiger partial charge in [0.25, 0.3) is 0 Å². The van der Waals surface area contributed by atoms with Gasteiger partial charge in [0, 0.05) is 0 Å². The van der Waals surface area contributed by atoms with Crippen LogP contribution in [0.4, 0.5) is 8.78 Å². The second kappa shape index (κ2) is 6.69. The van der Waals surface area contributed by atoms with Crippen molar-refractivity contribution in [3.8, 4) is 0 Å². The Kier molecular flexibility index (Phi) is 4.91. The average molecular weight is 346 g/mol. The van der Waals surface area contributed by atoms with Crippen LogP contribution in [-0.2, 0) is 9.31 Å². The minimum absolute atomic E-state index is 0.236. The van der Waals surface area contributed by atoms with Gasteiger partial charge in [0.1, 0.15) is 11.5 Å². The molecule has 2 aliphatic rings. The lowest BCUT2D eigenvalue weighted by Gasteiger charge is -2.32. The number of allylic oxidation sites excluding steroid dienone is 2. The molecule has 1 aromatic rings. The van der Waals surface area contributed by atoms with Gasteiger partial charge < -0.3 is 9.31 Å². The van der Waals surface area contributed by atoms with Crippen molar-refractivity contribution in [2.24, 2.45) is 0 Å². The summed E-state index contributed by atoms with van der Waals surface area (Å²) >= 11 is 0. The summed E-state index contributed by atoms with van der Waals surface area (Å²) in [4.78, 5) is 0. The van der Waals surface area contributed by atoms with Gasteiger partial charge in [-0.1, -0.05) is 23.8 Å². The second-order valence-corrected chi connectivity index (χ2v) is 7.89. The van der Waals surface area contributed by atoms with Crippen LogP contribution in [0.25, 0.3) is 6.08 Å². The molecule has 0 spiro atoms. The van der Waals surface area contributed by atoms with E-state index < -0.39 is 18.3 Å². The Labute approximate surface area is 149 Å². The minimum Gasteiger partial charge on any atom is -0.398 e. The first-order valence-corrected chi connectivity index (χ1v) is 8.86. The molecule has 0 radical (unpaired) electrons. The Balaban J connectivity index is 1.67. The molecule has 134 valence electrons. The summed E-state index contributed by atoms with van der Waals surface area (Å²) in [6.07, 6.45) is 5.02. The molecule has 5 heteroatoms. The third kappa shape index (κ3) is 3.88. The third-order valence-electron chi connectivity index (χ3n) is 5.53. The fourth-order valence-electron chi connectivity index (χ4n) is 3.16. The first-order valence-electron chi connectivity index (χ1n) is 8.86. The Morgan fingerprint density at radius 2 is 1.48 bits per heavy atom. The van der Waals surface area contributed by atoms with Crippen molar-refractivity contribution in [2.45, 2.75) is 64.6 Å². The maximum absolute atomic E-state index is 14.8. The van der Waals surface area contributed by atoms with Crippen LogP contribution in [0.5, 0.6) is 0 Å². The average Bonchev–Trinajstić information content (AvgIpc) is 2.78. The fourth-order valence-corrected chi connectivity index (χ4v) is 3.16. The van der Waals surface area contributed by atoms with Crippen molar-refractivity contribution in [2.75, 3.05) is 0 Å². The second-order valence-electron chi connectivity index (χ2n) is 7.89. The van der Waals surface area contributed by atoms with Crippen LogP contribution in [0, 0.1) is 5.82 Å². The summed E-state index contributed by atoms with van der Waals surface area (Å²) < 4.78 is 39.4. The van der Waals surface area contributed by atoms with Crippen molar-refractivity contribution in [3.05, 3.63) is 52.5 Å². The molecule has 2 nitrogen and oxygen atoms in total. The van der Waals surface area contributed by atoms with Gasteiger partial charge in [0.15, 0.2) is 0 Å². The predicted molar refractivity (Wildman–Crippen MR) is 97.1 cm³/mol. The van der Waals surface area contributed by atoms with Crippen molar-refractivity contribution < 1.29 is 18.1 Å². The van der Waals surface area contributed by atoms with E-state index in [1.807, 2.05) is 27.7 Å². The van der Waals surface area contributed by atoms with Crippen LogP contribution >= 0.6 is 0 Å². The molecule has 3 rings (SSSR count). The standard InChI is InChI=1S/C20H25BF2O2/c1-19(2)20(3,4)25-21(24-19)18(23)16-9-5-14(6-10-16)13-15-7-11-17(22)12-8-15/h7-8,11-13H,5-6,9-10H2,1-4H3. The Bertz CT molecular complexity index is 677.